The Hall–Kier alpha value is -2.11. The molecule has 0 aliphatic rings. The van der Waals surface area contributed by atoms with E-state index in [0.29, 0.717) is 6.07 Å². The van der Waals surface area contributed by atoms with E-state index in [1.54, 1.807) is 0 Å². The fourth-order valence-corrected chi connectivity index (χ4v) is 1.16. The lowest BCUT2D eigenvalue weighted by atomic mass is 10.2. The van der Waals surface area contributed by atoms with Gasteiger partial charge in [0.1, 0.15) is 0 Å². The molecule has 0 atom stereocenters. The van der Waals surface area contributed by atoms with Gasteiger partial charge in [-0.15, -0.1) is 19.6 Å². The van der Waals surface area contributed by atoms with Gasteiger partial charge in [0.2, 0.25) is 0 Å². The second-order valence-electron chi connectivity index (χ2n) is 3.70. The van der Waals surface area contributed by atoms with Crippen LogP contribution in [0.5, 0.6) is 11.5 Å². The zero-order valence-electron chi connectivity index (χ0n) is 10.1. The van der Waals surface area contributed by atoms with E-state index in [1.807, 2.05) is 5.92 Å². The van der Waals surface area contributed by atoms with Gasteiger partial charge >= 0.3 is 18.7 Å². The van der Waals surface area contributed by atoms with Crippen molar-refractivity contribution in [3.8, 4) is 23.8 Å². The molecule has 0 fully saturated rings. The quantitative estimate of drug-likeness (QED) is 0.607. The van der Waals surface area contributed by atoms with Gasteiger partial charge in [-0.2, -0.15) is 8.78 Å². The minimum atomic E-state index is -5.13. The van der Waals surface area contributed by atoms with Gasteiger partial charge in [-0.3, -0.25) is 0 Å². The molecule has 1 rings (SSSR count). The van der Waals surface area contributed by atoms with E-state index >= 15 is 0 Å². The van der Waals surface area contributed by atoms with Gasteiger partial charge in [0.05, 0.1) is 0 Å². The molecule has 0 heterocycles. The van der Waals surface area contributed by atoms with Gasteiger partial charge in [0, 0.05) is 11.6 Å². The highest BCUT2D eigenvalue weighted by atomic mass is 19.4. The predicted molar refractivity (Wildman–Crippen MR) is 57.5 cm³/mol. The molecule has 0 saturated carbocycles. The molecule has 0 bridgehead atoms. The molecule has 0 aliphatic heterocycles. The van der Waals surface area contributed by atoms with Crippen LogP contribution in [0.3, 0.4) is 0 Å². The van der Waals surface area contributed by atoms with E-state index in [4.69, 9.17) is 6.42 Å². The van der Waals surface area contributed by atoms with Crippen LogP contribution in [-0.4, -0.2) is 25.3 Å². The first-order valence-electron chi connectivity index (χ1n) is 5.20. The molecule has 0 unspecified atom stereocenters. The fraction of sp³-hybridized carbons (Fsp3) is 0.333. The molecular formula is C12H7F7O2. The summed E-state index contributed by atoms with van der Waals surface area (Å²) in [7, 11) is 0. The molecule has 0 aromatic heterocycles. The molecule has 0 radical (unpaired) electrons. The minimum Gasteiger partial charge on any atom is -0.483 e. The van der Waals surface area contributed by atoms with E-state index in [9.17, 15) is 30.7 Å². The van der Waals surface area contributed by atoms with Gasteiger partial charge in [0.25, 0.3) is 0 Å². The van der Waals surface area contributed by atoms with E-state index < -0.39 is 36.8 Å². The van der Waals surface area contributed by atoms with Crippen LogP contribution in [0.4, 0.5) is 30.7 Å². The normalized spacial score (nSPS) is 12.1. The number of ether oxygens (including phenoxy) is 2. The lowest BCUT2D eigenvalue weighted by Gasteiger charge is -2.18. The second kappa shape index (κ2) is 6.11. The summed E-state index contributed by atoms with van der Waals surface area (Å²) in [5.74, 6) is -4.30. The summed E-state index contributed by atoms with van der Waals surface area (Å²) in [6.07, 6.45) is -4.18. The summed E-state index contributed by atoms with van der Waals surface area (Å²) >= 11 is 0. The van der Waals surface area contributed by atoms with E-state index in [-0.39, 0.29) is 5.56 Å². The van der Waals surface area contributed by atoms with Crippen molar-refractivity contribution in [3.05, 3.63) is 23.8 Å². The first-order chi connectivity index (χ1) is 9.55. The van der Waals surface area contributed by atoms with E-state index in [2.05, 4.69) is 9.47 Å². The molecule has 0 N–H and O–H groups in total. The SMILES string of the molecule is C#Cc1ccc(OCC(F)(F)C(F)F)c(OC(F)(F)F)c1. The molecule has 2 nitrogen and oxygen atoms in total. The molecule has 21 heavy (non-hydrogen) atoms. The monoisotopic (exact) mass is 316 g/mol. The van der Waals surface area contributed by atoms with Crippen molar-refractivity contribution < 1.29 is 40.2 Å². The van der Waals surface area contributed by atoms with Crippen LogP contribution in [0.25, 0.3) is 0 Å². The summed E-state index contributed by atoms with van der Waals surface area (Å²) in [5, 5.41) is 0. The van der Waals surface area contributed by atoms with Crippen molar-refractivity contribution in [3.63, 3.8) is 0 Å². The molecule has 1 aromatic rings. The van der Waals surface area contributed by atoms with Crippen LogP contribution in [0.15, 0.2) is 18.2 Å². The third-order valence-electron chi connectivity index (χ3n) is 2.08. The van der Waals surface area contributed by atoms with Gasteiger partial charge in [0.15, 0.2) is 18.1 Å². The average Bonchev–Trinajstić information content (AvgIpc) is 2.35. The van der Waals surface area contributed by atoms with Crippen LogP contribution in [0.1, 0.15) is 5.56 Å². The first-order valence-corrected chi connectivity index (χ1v) is 5.20. The van der Waals surface area contributed by atoms with Crippen molar-refractivity contribution in [2.45, 2.75) is 18.7 Å². The zero-order chi connectivity index (χ0) is 16.3. The predicted octanol–water partition coefficient (Wildman–Crippen LogP) is 3.85. The Morgan fingerprint density at radius 1 is 1.10 bits per heavy atom. The second-order valence-corrected chi connectivity index (χ2v) is 3.70. The van der Waals surface area contributed by atoms with Crippen LogP contribution >= 0.6 is 0 Å². The van der Waals surface area contributed by atoms with Gasteiger partial charge < -0.3 is 9.47 Å². The highest BCUT2D eigenvalue weighted by Crippen LogP contribution is 2.34. The van der Waals surface area contributed by atoms with Crippen molar-refractivity contribution in [1.82, 2.24) is 0 Å². The molecule has 0 aliphatic carbocycles. The maximum Gasteiger partial charge on any atom is 0.573 e. The molecule has 9 heteroatoms. The van der Waals surface area contributed by atoms with Gasteiger partial charge in [-0.25, -0.2) is 8.78 Å². The number of halogens is 7. The Kier molecular flexibility index (Phi) is 4.93. The maximum absolute atomic E-state index is 12.7. The van der Waals surface area contributed by atoms with E-state index in [1.165, 1.54) is 0 Å². The summed E-state index contributed by atoms with van der Waals surface area (Å²) in [6, 6.07) is 2.61. The number of terminal acetylenes is 1. The summed E-state index contributed by atoms with van der Waals surface area (Å²) < 4.78 is 93.5. The number of hydrogen-bond acceptors (Lipinski definition) is 2. The van der Waals surface area contributed by atoms with Gasteiger partial charge in [-0.1, -0.05) is 5.92 Å². The zero-order valence-corrected chi connectivity index (χ0v) is 10.1. The van der Waals surface area contributed by atoms with Crippen molar-refractivity contribution in [1.29, 1.82) is 0 Å². The molecule has 116 valence electrons. The Morgan fingerprint density at radius 3 is 2.19 bits per heavy atom. The van der Waals surface area contributed by atoms with Crippen LogP contribution in [0, 0.1) is 12.3 Å². The fourth-order valence-electron chi connectivity index (χ4n) is 1.16. The standard InChI is InChI=1S/C12H7F7O2/c1-2-7-3-4-8(9(5-7)21-12(17,18)19)20-6-11(15,16)10(13)14/h1,3-5,10H,6H2. The third-order valence-corrected chi connectivity index (χ3v) is 2.08. The smallest absolute Gasteiger partial charge is 0.483 e. The van der Waals surface area contributed by atoms with Crippen molar-refractivity contribution >= 4 is 0 Å². The summed E-state index contributed by atoms with van der Waals surface area (Å²) in [5.41, 5.74) is -0.0396. The Balaban J connectivity index is 2.99. The third kappa shape index (κ3) is 5.06. The summed E-state index contributed by atoms with van der Waals surface area (Å²) in [6.45, 7) is -1.81. The highest BCUT2D eigenvalue weighted by Gasteiger charge is 2.42. The lowest BCUT2D eigenvalue weighted by Crippen LogP contribution is -2.34. The van der Waals surface area contributed by atoms with Crippen LogP contribution in [0.2, 0.25) is 0 Å². The van der Waals surface area contributed by atoms with Gasteiger partial charge in [-0.05, 0) is 12.1 Å². The van der Waals surface area contributed by atoms with Crippen LogP contribution < -0.4 is 9.47 Å². The minimum absolute atomic E-state index is 0.0396. The molecule has 1 aromatic carbocycles. The maximum atomic E-state index is 12.7. The Bertz CT molecular complexity index is 531. The first kappa shape index (κ1) is 16.9. The Labute approximate surface area is 114 Å². The lowest BCUT2D eigenvalue weighted by molar-refractivity contribution is -0.275. The molecular weight excluding hydrogens is 309 g/mol. The van der Waals surface area contributed by atoms with E-state index in [0.717, 1.165) is 12.1 Å². The molecule has 0 saturated heterocycles. The van der Waals surface area contributed by atoms with Crippen molar-refractivity contribution in [2.24, 2.45) is 0 Å². The molecule has 0 spiro atoms. The number of alkyl halides is 7. The Morgan fingerprint density at radius 2 is 1.71 bits per heavy atom. The highest BCUT2D eigenvalue weighted by molar-refractivity contribution is 5.47. The van der Waals surface area contributed by atoms with Crippen molar-refractivity contribution in [2.75, 3.05) is 6.61 Å². The average molecular weight is 316 g/mol. The number of hydrogen-bond donors (Lipinski definition) is 0. The number of rotatable bonds is 5. The number of benzene rings is 1. The largest absolute Gasteiger partial charge is 0.573 e. The summed E-state index contributed by atoms with van der Waals surface area (Å²) in [4.78, 5) is 0. The van der Waals surface area contributed by atoms with Crippen LogP contribution in [-0.2, 0) is 0 Å². The molecule has 0 amide bonds. The topological polar surface area (TPSA) is 18.5 Å².